The Hall–Kier alpha value is -0.120. The molecule has 0 aromatic heterocycles. The van der Waals surface area contributed by atoms with Gasteiger partial charge in [-0.15, -0.1) is 0 Å². The van der Waals surface area contributed by atoms with Crippen LogP contribution in [0.4, 0.5) is 0 Å². The molecule has 3 aliphatic heterocycles. The van der Waals surface area contributed by atoms with Crippen LogP contribution in [0.15, 0.2) is 0 Å². The Morgan fingerprint density at radius 1 is 0.643 bits per heavy atom. The van der Waals surface area contributed by atoms with E-state index in [1.54, 1.807) is 0 Å². The summed E-state index contributed by atoms with van der Waals surface area (Å²) in [6.07, 6.45) is 7.70. The van der Waals surface area contributed by atoms with Crippen molar-refractivity contribution in [3.8, 4) is 0 Å². The Morgan fingerprint density at radius 2 is 1.29 bits per heavy atom. The van der Waals surface area contributed by atoms with E-state index in [9.17, 15) is 0 Å². The van der Waals surface area contributed by atoms with E-state index in [2.05, 4.69) is 0 Å². The predicted molar refractivity (Wildman–Crippen MR) is 50.8 cm³/mol. The molecule has 3 nitrogen and oxygen atoms in total. The van der Waals surface area contributed by atoms with Crippen LogP contribution in [0.3, 0.4) is 0 Å². The minimum atomic E-state index is -0.275. The highest BCUT2D eigenvalue weighted by Gasteiger charge is 2.52. The first kappa shape index (κ1) is 9.13. The van der Waals surface area contributed by atoms with Crippen LogP contribution >= 0.6 is 0 Å². The van der Waals surface area contributed by atoms with Crippen LogP contribution in [0.2, 0.25) is 0 Å². The lowest BCUT2D eigenvalue weighted by atomic mass is 10.0. The fraction of sp³-hybridized carbons (Fsp3) is 1.00. The zero-order chi connectivity index (χ0) is 9.49. The van der Waals surface area contributed by atoms with Gasteiger partial charge in [-0.2, -0.15) is 0 Å². The van der Waals surface area contributed by atoms with Gasteiger partial charge in [0, 0.05) is 25.7 Å². The van der Waals surface area contributed by atoms with Crippen molar-refractivity contribution in [1.82, 2.24) is 0 Å². The number of ether oxygens (including phenoxy) is 3. The van der Waals surface area contributed by atoms with Crippen LogP contribution in [0.1, 0.15) is 44.9 Å². The average Bonchev–Trinajstić information content (AvgIpc) is 2.78. The molecule has 2 atom stereocenters. The van der Waals surface area contributed by atoms with E-state index < -0.39 is 0 Å². The first-order chi connectivity index (χ1) is 6.83. The van der Waals surface area contributed by atoms with Gasteiger partial charge in [0.2, 0.25) is 0 Å². The fourth-order valence-electron chi connectivity index (χ4n) is 2.88. The van der Waals surface area contributed by atoms with Gasteiger partial charge < -0.3 is 14.2 Å². The second-order valence-electron chi connectivity index (χ2n) is 4.68. The zero-order valence-electron chi connectivity index (χ0n) is 8.59. The Balaban J connectivity index is 1.73. The lowest BCUT2D eigenvalue weighted by molar-refractivity contribution is -0.317. The molecule has 80 valence electrons. The van der Waals surface area contributed by atoms with Crippen molar-refractivity contribution < 1.29 is 14.2 Å². The molecule has 3 aliphatic rings. The van der Waals surface area contributed by atoms with Gasteiger partial charge in [0.25, 0.3) is 0 Å². The fourth-order valence-corrected chi connectivity index (χ4v) is 2.88. The van der Waals surface area contributed by atoms with Gasteiger partial charge in [-0.1, -0.05) is 0 Å². The van der Waals surface area contributed by atoms with Gasteiger partial charge >= 0.3 is 0 Å². The van der Waals surface area contributed by atoms with Gasteiger partial charge in [0.1, 0.15) is 0 Å². The van der Waals surface area contributed by atoms with Gasteiger partial charge in [0.05, 0.1) is 13.2 Å². The molecule has 3 heterocycles. The summed E-state index contributed by atoms with van der Waals surface area (Å²) in [7, 11) is 0. The molecule has 3 rings (SSSR count). The normalized spacial score (nSPS) is 48.0. The molecule has 0 radical (unpaired) electrons. The SMILES string of the molecule is C1CC[C@]2(CC[C@@]3(CCCO3)O2)OC1. The van der Waals surface area contributed by atoms with E-state index in [1.165, 1.54) is 12.8 Å². The maximum Gasteiger partial charge on any atom is 0.172 e. The molecule has 0 unspecified atom stereocenters. The standard InChI is InChI=1S/C11H18O3/c1-2-8-12-10(4-1)6-7-11(14-10)5-3-9-13-11/h1-9H2/t10-,11+/m0/s1. The summed E-state index contributed by atoms with van der Waals surface area (Å²) in [4.78, 5) is 0. The molecule has 0 saturated carbocycles. The van der Waals surface area contributed by atoms with Crippen molar-refractivity contribution in [2.75, 3.05) is 13.2 Å². The molecule has 3 saturated heterocycles. The monoisotopic (exact) mass is 198 g/mol. The van der Waals surface area contributed by atoms with E-state index in [4.69, 9.17) is 14.2 Å². The number of hydrogen-bond acceptors (Lipinski definition) is 3. The summed E-state index contributed by atoms with van der Waals surface area (Å²) < 4.78 is 17.6. The molecule has 14 heavy (non-hydrogen) atoms. The van der Waals surface area contributed by atoms with Crippen molar-refractivity contribution >= 4 is 0 Å². The van der Waals surface area contributed by atoms with Crippen molar-refractivity contribution in [2.45, 2.75) is 56.5 Å². The summed E-state index contributed by atoms with van der Waals surface area (Å²) in [5.74, 6) is -0.542. The molecule has 0 amide bonds. The maximum absolute atomic E-state index is 6.09. The lowest BCUT2D eigenvalue weighted by Crippen LogP contribution is -2.39. The summed E-state index contributed by atoms with van der Waals surface area (Å²) in [6.45, 7) is 1.71. The number of hydrogen-bond donors (Lipinski definition) is 0. The van der Waals surface area contributed by atoms with Gasteiger partial charge in [-0.05, 0) is 19.3 Å². The molecule has 2 spiro atoms. The quantitative estimate of drug-likeness (QED) is 0.597. The van der Waals surface area contributed by atoms with Crippen LogP contribution in [0.5, 0.6) is 0 Å². The largest absolute Gasteiger partial charge is 0.350 e. The Kier molecular flexibility index (Phi) is 2.08. The Bertz CT molecular complexity index is 215. The van der Waals surface area contributed by atoms with Crippen LogP contribution in [0, 0.1) is 0 Å². The van der Waals surface area contributed by atoms with Crippen LogP contribution in [0.25, 0.3) is 0 Å². The zero-order valence-corrected chi connectivity index (χ0v) is 8.59. The number of rotatable bonds is 0. The van der Waals surface area contributed by atoms with Gasteiger partial charge in [0.15, 0.2) is 11.6 Å². The van der Waals surface area contributed by atoms with Crippen LogP contribution < -0.4 is 0 Å². The third-order valence-electron chi connectivity index (χ3n) is 3.64. The topological polar surface area (TPSA) is 27.7 Å². The van der Waals surface area contributed by atoms with Crippen LogP contribution in [-0.2, 0) is 14.2 Å². The maximum atomic E-state index is 6.09. The molecule has 0 bridgehead atoms. The molecular formula is C11H18O3. The molecule has 3 heteroatoms. The highest BCUT2D eigenvalue weighted by atomic mass is 16.8. The molecular weight excluding hydrogens is 180 g/mol. The van der Waals surface area contributed by atoms with E-state index >= 15 is 0 Å². The average molecular weight is 198 g/mol. The summed E-state index contributed by atoms with van der Waals surface area (Å²) in [5, 5.41) is 0. The lowest BCUT2D eigenvalue weighted by Gasteiger charge is -2.35. The van der Waals surface area contributed by atoms with Crippen molar-refractivity contribution in [2.24, 2.45) is 0 Å². The molecule has 0 aromatic carbocycles. The van der Waals surface area contributed by atoms with E-state index in [-0.39, 0.29) is 11.6 Å². The van der Waals surface area contributed by atoms with Crippen molar-refractivity contribution in [3.63, 3.8) is 0 Å². The molecule has 0 aromatic rings. The second kappa shape index (κ2) is 3.19. The highest BCUT2D eigenvalue weighted by Crippen LogP contribution is 2.48. The first-order valence-electron chi connectivity index (χ1n) is 5.81. The minimum Gasteiger partial charge on any atom is -0.350 e. The summed E-state index contributed by atoms with van der Waals surface area (Å²) in [5.41, 5.74) is 0. The summed E-state index contributed by atoms with van der Waals surface area (Å²) >= 11 is 0. The highest BCUT2D eigenvalue weighted by molar-refractivity contribution is 4.90. The molecule has 0 N–H and O–H groups in total. The summed E-state index contributed by atoms with van der Waals surface area (Å²) in [6, 6.07) is 0. The predicted octanol–water partition coefficient (Wildman–Crippen LogP) is 2.20. The third kappa shape index (κ3) is 1.38. The molecule has 0 aliphatic carbocycles. The van der Waals surface area contributed by atoms with E-state index in [1.807, 2.05) is 0 Å². The third-order valence-corrected chi connectivity index (χ3v) is 3.64. The Labute approximate surface area is 84.7 Å². The van der Waals surface area contributed by atoms with Gasteiger partial charge in [-0.3, -0.25) is 0 Å². The van der Waals surface area contributed by atoms with Crippen LogP contribution in [-0.4, -0.2) is 24.8 Å². The Morgan fingerprint density at radius 3 is 1.79 bits per heavy atom. The van der Waals surface area contributed by atoms with E-state index in [0.717, 1.165) is 45.3 Å². The van der Waals surface area contributed by atoms with Crippen molar-refractivity contribution in [1.29, 1.82) is 0 Å². The van der Waals surface area contributed by atoms with Crippen molar-refractivity contribution in [3.05, 3.63) is 0 Å². The van der Waals surface area contributed by atoms with E-state index in [0.29, 0.717) is 0 Å². The molecule has 3 fully saturated rings. The minimum absolute atomic E-state index is 0.267. The smallest absolute Gasteiger partial charge is 0.172 e. The van der Waals surface area contributed by atoms with Gasteiger partial charge in [-0.25, -0.2) is 0 Å². The second-order valence-corrected chi connectivity index (χ2v) is 4.68. The first-order valence-corrected chi connectivity index (χ1v) is 5.81.